The van der Waals surface area contributed by atoms with Gasteiger partial charge in [-0.05, 0) is 57.0 Å². The standard InChI is InChI=1S/C21H28F3N3O3/c22-21(23,24)15-5-4-8-17(13-15)27(18(29)14-28)20(9-11-25-12-10-20)19(30)26-16-6-2-1-3-7-16/h4-5,8,13,16,25,28H,1-3,6-7,9-12,14H2,(H,26,30). The van der Waals surface area contributed by atoms with E-state index >= 15 is 0 Å². The molecule has 3 rings (SSSR count). The van der Waals surface area contributed by atoms with Crippen molar-refractivity contribution in [3.8, 4) is 0 Å². The molecule has 1 saturated heterocycles. The molecule has 1 aliphatic heterocycles. The van der Waals surface area contributed by atoms with Crippen molar-refractivity contribution < 1.29 is 27.9 Å². The van der Waals surface area contributed by atoms with E-state index in [9.17, 15) is 27.9 Å². The fraction of sp³-hybridized carbons (Fsp3) is 0.619. The number of alkyl halides is 3. The maximum absolute atomic E-state index is 13.5. The molecule has 6 nitrogen and oxygen atoms in total. The molecule has 1 aromatic carbocycles. The SMILES string of the molecule is O=C(CO)N(c1cccc(C(F)(F)F)c1)C1(C(=O)NC2CCCCC2)CCNCC1. The number of benzene rings is 1. The van der Waals surface area contributed by atoms with Gasteiger partial charge in [-0.25, -0.2) is 0 Å². The van der Waals surface area contributed by atoms with Crippen LogP contribution in [0.25, 0.3) is 0 Å². The van der Waals surface area contributed by atoms with Gasteiger partial charge in [-0.1, -0.05) is 25.3 Å². The van der Waals surface area contributed by atoms with Crippen LogP contribution in [0.4, 0.5) is 18.9 Å². The molecule has 3 N–H and O–H groups in total. The maximum Gasteiger partial charge on any atom is 0.416 e. The van der Waals surface area contributed by atoms with Gasteiger partial charge in [0, 0.05) is 11.7 Å². The average molecular weight is 427 g/mol. The van der Waals surface area contributed by atoms with E-state index in [1.807, 2.05) is 0 Å². The van der Waals surface area contributed by atoms with Gasteiger partial charge >= 0.3 is 6.18 Å². The lowest BCUT2D eigenvalue weighted by Gasteiger charge is -2.45. The van der Waals surface area contributed by atoms with Crippen LogP contribution < -0.4 is 15.5 Å². The number of nitrogens with zero attached hydrogens (tertiary/aromatic N) is 1. The number of anilines is 1. The van der Waals surface area contributed by atoms with Crippen LogP contribution in [0.3, 0.4) is 0 Å². The molecule has 1 saturated carbocycles. The van der Waals surface area contributed by atoms with Crippen molar-refractivity contribution in [3.63, 3.8) is 0 Å². The summed E-state index contributed by atoms with van der Waals surface area (Å²) < 4.78 is 39.8. The molecule has 166 valence electrons. The number of nitrogens with one attached hydrogen (secondary N) is 2. The molecule has 2 aliphatic rings. The fourth-order valence-electron chi connectivity index (χ4n) is 4.48. The monoisotopic (exact) mass is 427 g/mol. The lowest BCUT2D eigenvalue weighted by Crippen LogP contribution is -2.66. The molecule has 1 heterocycles. The number of amides is 2. The Kier molecular flexibility index (Phi) is 7.02. The molecule has 1 aromatic rings. The second-order valence-electron chi connectivity index (χ2n) is 8.03. The fourth-order valence-corrected chi connectivity index (χ4v) is 4.48. The molecule has 0 radical (unpaired) electrons. The molecule has 0 spiro atoms. The van der Waals surface area contributed by atoms with Crippen molar-refractivity contribution in [2.75, 3.05) is 24.6 Å². The summed E-state index contributed by atoms with van der Waals surface area (Å²) in [7, 11) is 0. The summed E-state index contributed by atoms with van der Waals surface area (Å²) in [5, 5.41) is 15.8. The Balaban J connectivity index is 2.01. The third-order valence-electron chi connectivity index (χ3n) is 6.04. The van der Waals surface area contributed by atoms with Crippen LogP contribution in [-0.2, 0) is 15.8 Å². The van der Waals surface area contributed by atoms with Gasteiger partial charge in [0.25, 0.3) is 5.91 Å². The molecule has 30 heavy (non-hydrogen) atoms. The van der Waals surface area contributed by atoms with Crippen molar-refractivity contribution in [2.45, 2.75) is 62.7 Å². The third kappa shape index (κ3) is 4.78. The highest BCUT2D eigenvalue weighted by atomic mass is 19.4. The topological polar surface area (TPSA) is 81.7 Å². The third-order valence-corrected chi connectivity index (χ3v) is 6.04. The first-order valence-corrected chi connectivity index (χ1v) is 10.4. The zero-order valence-corrected chi connectivity index (χ0v) is 16.8. The van der Waals surface area contributed by atoms with Crippen LogP contribution in [0.5, 0.6) is 0 Å². The highest BCUT2D eigenvalue weighted by molar-refractivity contribution is 6.04. The van der Waals surface area contributed by atoms with Gasteiger partial charge in [0.15, 0.2) is 0 Å². The zero-order valence-electron chi connectivity index (χ0n) is 16.8. The first-order chi connectivity index (χ1) is 14.3. The van der Waals surface area contributed by atoms with Crippen molar-refractivity contribution >= 4 is 17.5 Å². The van der Waals surface area contributed by atoms with Crippen LogP contribution in [-0.4, -0.2) is 48.2 Å². The van der Waals surface area contributed by atoms with Crippen molar-refractivity contribution in [2.24, 2.45) is 0 Å². The second kappa shape index (κ2) is 9.34. The van der Waals surface area contributed by atoms with E-state index in [0.29, 0.717) is 13.1 Å². The van der Waals surface area contributed by atoms with E-state index in [-0.39, 0.29) is 30.5 Å². The van der Waals surface area contributed by atoms with Crippen LogP contribution >= 0.6 is 0 Å². The van der Waals surface area contributed by atoms with Gasteiger partial charge < -0.3 is 15.7 Å². The number of carbonyl (C=O) groups is 2. The van der Waals surface area contributed by atoms with Crippen LogP contribution in [0.1, 0.15) is 50.5 Å². The first-order valence-electron chi connectivity index (χ1n) is 10.4. The largest absolute Gasteiger partial charge is 0.416 e. The van der Waals surface area contributed by atoms with Gasteiger partial charge in [-0.2, -0.15) is 13.2 Å². The average Bonchev–Trinajstić information content (AvgIpc) is 2.74. The summed E-state index contributed by atoms with van der Waals surface area (Å²) >= 11 is 0. The van der Waals surface area contributed by atoms with E-state index in [4.69, 9.17) is 0 Å². The molecule has 2 amide bonds. The van der Waals surface area contributed by atoms with E-state index < -0.39 is 29.8 Å². The van der Waals surface area contributed by atoms with E-state index in [1.54, 1.807) is 0 Å². The summed E-state index contributed by atoms with van der Waals surface area (Å²) in [6, 6.07) is 4.36. The van der Waals surface area contributed by atoms with Crippen LogP contribution in [0.2, 0.25) is 0 Å². The zero-order chi connectivity index (χ0) is 21.8. The van der Waals surface area contributed by atoms with Crippen molar-refractivity contribution in [1.29, 1.82) is 0 Å². The normalized spacial score (nSPS) is 19.9. The summed E-state index contributed by atoms with van der Waals surface area (Å²) in [5.74, 6) is -1.16. The smallest absolute Gasteiger partial charge is 0.387 e. The lowest BCUT2D eigenvalue weighted by atomic mass is 9.83. The number of aliphatic hydroxyl groups excluding tert-OH is 1. The molecule has 0 unspecified atom stereocenters. The summed E-state index contributed by atoms with van der Waals surface area (Å²) in [4.78, 5) is 27.3. The molecule has 0 aromatic heterocycles. The Morgan fingerprint density at radius 3 is 2.43 bits per heavy atom. The number of piperidine rings is 1. The van der Waals surface area contributed by atoms with Gasteiger partial charge in [-0.3, -0.25) is 14.5 Å². The van der Waals surface area contributed by atoms with Gasteiger partial charge in [-0.15, -0.1) is 0 Å². The number of hydrogen-bond donors (Lipinski definition) is 3. The number of aliphatic hydroxyl groups is 1. The number of halogens is 3. The summed E-state index contributed by atoms with van der Waals surface area (Å²) in [5.41, 5.74) is -2.30. The minimum Gasteiger partial charge on any atom is -0.387 e. The van der Waals surface area contributed by atoms with Gasteiger partial charge in [0.1, 0.15) is 12.1 Å². The second-order valence-corrected chi connectivity index (χ2v) is 8.03. The minimum atomic E-state index is -4.59. The minimum absolute atomic E-state index is 0.00870. The van der Waals surface area contributed by atoms with Crippen LogP contribution in [0, 0.1) is 0 Å². The number of carbonyl (C=O) groups excluding carboxylic acids is 2. The number of rotatable bonds is 5. The lowest BCUT2D eigenvalue weighted by molar-refractivity contribution is -0.137. The van der Waals surface area contributed by atoms with Gasteiger partial charge in [0.05, 0.1) is 5.56 Å². The van der Waals surface area contributed by atoms with E-state index in [2.05, 4.69) is 10.6 Å². The molecular formula is C21H28F3N3O3. The van der Waals surface area contributed by atoms with E-state index in [1.165, 1.54) is 12.1 Å². The predicted molar refractivity (Wildman–Crippen MR) is 106 cm³/mol. The quantitative estimate of drug-likeness (QED) is 0.675. The Morgan fingerprint density at radius 2 is 1.83 bits per heavy atom. The highest BCUT2D eigenvalue weighted by Crippen LogP contribution is 2.37. The van der Waals surface area contributed by atoms with Crippen molar-refractivity contribution in [3.05, 3.63) is 29.8 Å². The van der Waals surface area contributed by atoms with Crippen LogP contribution in [0.15, 0.2) is 24.3 Å². The Hall–Kier alpha value is -2.13. The highest BCUT2D eigenvalue weighted by Gasteiger charge is 2.48. The molecule has 1 aliphatic carbocycles. The Labute approximate surface area is 173 Å². The first kappa shape index (κ1) is 22.6. The molecule has 0 bridgehead atoms. The molecular weight excluding hydrogens is 399 g/mol. The number of hydrogen-bond acceptors (Lipinski definition) is 4. The maximum atomic E-state index is 13.5. The Morgan fingerprint density at radius 1 is 1.17 bits per heavy atom. The van der Waals surface area contributed by atoms with Gasteiger partial charge in [0.2, 0.25) is 5.91 Å². The molecule has 9 heteroatoms. The summed E-state index contributed by atoms with van der Waals surface area (Å²) in [6.07, 6.45) is 0.714. The summed E-state index contributed by atoms with van der Waals surface area (Å²) in [6.45, 7) is -0.0271. The molecule has 2 fully saturated rings. The van der Waals surface area contributed by atoms with E-state index in [0.717, 1.165) is 49.1 Å². The molecule has 0 atom stereocenters. The van der Waals surface area contributed by atoms with Crippen molar-refractivity contribution in [1.82, 2.24) is 10.6 Å². The predicted octanol–water partition coefficient (Wildman–Crippen LogP) is 2.60. The Bertz CT molecular complexity index is 757.